The molecule has 7 nitrogen and oxygen atoms in total. The smallest absolute Gasteiger partial charge is 0.281 e. The molecule has 0 saturated carbocycles. The third-order valence-corrected chi connectivity index (χ3v) is 5.93. The van der Waals surface area contributed by atoms with Gasteiger partial charge in [0.15, 0.2) is 0 Å². The number of sulfonamides is 1. The number of imidazole rings is 1. The number of ether oxygens (including phenoxy) is 1. The Balaban J connectivity index is 2.16. The molecule has 3 rings (SSSR count). The summed E-state index contributed by atoms with van der Waals surface area (Å²) in [6, 6.07) is 4.72. The second-order valence-corrected chi connectivity index (χ2v) is 8.92. The van der Waals surface area contributed by atoms with Crippen molar-refractivity contribution in [2.45, 2.75) is 31.7 Å². The molecule has 0 bridgehead atoms. The fourth-order valence-electron chi connectivity index (χ4n) is 2.42. The van der Waals surface area contributed by atoms with Crippen LogP contribution in [0.1, 0.15) is 30.5 Å². The van der Waals surface area contributed by atoms with Crippen molar-refractivity contribution >= 4 is 43.6 Å². The molecule has 0 atom stereocenters. The fraction of sp³-hybridized carbons (Fsp3) is 0.333. The molecule has 2 heterocycles. The van der Waals surface area contributed by atoms with Crippen molar-refractivity contribution in [1.29, 1.82) is 0 Å². The molecule has 3 aromatic rings. The molecule has 0 spiro atoms. The van der Waals surface area contributed by atoms with Crippen LogP contribution in [-0.2, 0) is 10.0 Å². The van der Waals surface area contributed by atoms with Crippen LogP contribution in [0.15, 0.2) is 23.2 Å². The van der Waals surface area contributed by atoms with Gasteiger partial charge in [-0.3, -0.25) is 4.72 Å². The van der Waals surface area contributed by atoms with Crippen molar-refractivity contribution in [2.24, 2.45) is 0 Å². The number of aromatic nitrogens is 3. The Kier molecular flexibility index (Phi) is 4.65. The predicted molar refractivity (Wildman–Crippen MR) is 98.5 cm³/mol. The van der Waals surface area contributed by atoms with E-state index in [4.69, 9.17) is 16.3 Å². The molecule has 0 unspecified atom stereocenters. The summed E-state index contributed by atoms with van der Waals surface area (Å²) in [7, 11) is -2.49. The highest BCUT2D eigenvalue weighted by atomic mass is 35.5. The van der Waals surface area contributed by atoms with Crippen molar-refractivity contribution in [2.75, 3.05) is 11.8 Å². The molecule has 25 heavy (non-hydrogen) atoms. The average molecular weight is 401 g/mol. The van der Waals surface area contributed by atoms with Gasteiger partial charge in [-0.1, -0.05) is 36.8 Å². The maximum atomic E-state index is 13.1. The number of methoxy groups -OCH3 is 1. The van der Waals surface area contributed by atoms with Crippen molar-refractivity contribution < 1.29 is 13.2 Å². The molecule has 0 fully saturated rings. The lowest BCUT2D eigenvalue weighted by Crippen LogP contribution is -2.18. The first kappa shape index (κ1) is 18.0. The van der Waals surface area contributed by atoms with E-state index < -0.39 is 10.0 Å². The maximum Gasteiger partial charge on any atom is 0.281 e. The summed E-state index contributed by atoms with van der Waals surface area (Å²) in [6.07, 6.45) is 0. The van der Waals surface area contributed by atoms with Gasteiger partial charge in [0, 0.05) is 5.02 Å². The minimum absolute atomic E-state index is 0.0314. The molecule has 0 radical (unpaired) electrons. The zero-order chi connectivity index (χ0) is 18.4. The SMILES string of the molecule is COc1ccc(Cl)cc1NS(=O)(=O)c1c(C(C)C)nc2sc(C)nn12. The van der Waals surface area contributed by atoms with E-state index in [9.17, 15) is 8.42 Å². The monoisotopic (exact) mass is 400 g/mol. The number of hydrogen-bond donors (Lipinski definition) is 1. The summed E-state index contributed by atoms with van der Waals surface area (Å²) in [5.74, 6) is 0.288. The number of nitrogens with zero attached hydrogens (tertiary/aromatic N) is 3. The fourth-order valence-corrected chi connectivity index (χ4v) is 4.86. The van der Waals surface area contributed by atoms with Crippen LogP contribution in [0.4, 0.5) is 5.69 Å². The van der Waals surface area contributed by atoms with Gasteiger partial charge >= 0.3 is 0 Å². The highest BCUT2D eigenvalue weighted by molar-refractivity contribution is 7.92. The van der Waals surface area contributed by atoms with E-state index in [0.717, 1.165) is 5.01 Å². The number of anilines is 1. The van der Waals surface area contributed by atoms with E-state index in [1.807, 2.05) is 13.8 Å². The summed E-state index contributed by atoms with van der Waals surface area (Å²) < 4.78 is 35.3. The number of nitrogens with one attached hydrogen (secondary N) is 1. The van der Waals surface area contributed by atoms with Gasteiger partial charge in [0.05, 0.1) is 18.5 Å². The summed E-state index contributed by atoms with van der Waals surface area (Å²) in [4.78, 5) is 4.98. The standard InChI is InChI=1S/C15H17ClN4O3S2/c1-8(2)13-14(20-15(17-13)24-9(3)18-20)25(21,22)19-11-7-10(16)5-6-12(11)23-4/h5-8,19H,1-4H3. The van der Waals surface area contributed by atoms with Crippen LogP contribution in [0.3, 0.4) is 0 Å². The average Bonchev–Trinajstić information content (AvgIpc) is 3.02. The van der Waals surface area contributed by atoms with Crippen molar-refractivity contribution in [3.63, 3.8) is 0 Å². The quantitative estimate of drug-likeness (QED) is 0.705. The lowest BCUT2D eigenvalue weighted by atomic mass is 10.2. The Morgan fingerprint density at radius 1 is 1.36 bits per heavy atom. The Morgan fingerprint density at radius 2 is 2.08 bits per heavy atom. The number of halogens is 1. The Morgan fingerprint density at radius 3 is 2.72 bits per heavy atom. The van der Waals surface area contributed by atoms with E-state index in [0.29, 0.717) is 21.4 Å². The summed E-state index contributed by atoms with van der Waals surface area (Å²) >= 11 is 7.33. The van der Waals surface area contributed by atoms with Crippen LogP contribution in [0.5, 0.6) is 5.75 Å². The second-order valence-electron chi connectivity index (χ2n) is 5.72. The van der Waals surface area contributed by atoms with Crippen LogP contribution < -0.4 is 9.46 Å². The van der Waals surface area contributed by atoms with Crippen LogP contribution in [-0.4, -0.2) is 30.1 Å². The number of benzene rings is 1. The van der Waals surface area contributed by atoms with Crippen LogP contribution in [0, 0.1) is 6.92 Å². The predicted octanol–water partition coefficient (Wildman–Crippen LogP) is 3.69. The lowest BCUT2D eigenvalue weighted by molar-refractivity contribution is 0.417. The molecule has 134 valence electrons. The van der Waals surface area contributed by atoms with Gasteiger partial charge in [0.2, 0.25) is 9.99 Å². The van der Waals surface area contributed by atoms with Gasteiger partial charge in [-0.25, -0.2) is 4.98 Å². The molecule has 1 aromatic carbocycles. The minimum Gasteiger partial charge on any atom is -0.495 e. The third kappa shape index (κ3) is 3.31. The van der Waals surface area contributed by atoms with Gasteiger partial charge in [0.1, 0.15) is 10.8 Å². The van der Waals surface area contributed by atoms with Crippen molar-refractivity contribution in [3.8, 4) is 5.75 Å². The zero-order valence-electron chi connectivity index (χ0n) is 14.1. The number of hydrogen-bond acceptors (Lipinski definition) is 6. The Hall–Kier alpha value is -1.84. The molecule has 0 aliphatic rings. The lowest BCUT2D eigenvalue weighted by Gasteiger charge is -2.13. The van der Waals surface area contributed by atoms with E-state index in [1.165, 1.54) is 29.0 Å². The van der Waals surface area contributed by atoms with Gasteiger partial charge in [0.25, 0.3) is 10.0 Å². The van der Waals surface area contributed by atoms with Crippen molar-refractivity contribution in [1.82, 2.24) is 14.6 Å². The van der Waals surface area contributed by atoms with Gasteiger partial charge in [-0.15, -0.1) is 0 Å². The van der Waals surface area contributed by atoms with E-state index in [-0.39, 0.29) is 16.6 Å². The van der Waals surface area contributed by atoms with Crippen LogP contribution in [0.2, 0.25) is 5.02 Å². The van der Waals surface area contributed by atoms with Gasteiger partial charge in [-0.05, 0) is 31.0 Å². The Labute approximate surface area is 154 Å². The number of aryl methyl sites for hydroxylation is 1. The zero-order valence-corrected chi connectivity index (χ0v) is 16.5. The minimum atomic E-state index is -3.95. The molecule has 2 aromatic heterocycles. The first-order chi connectivity index (χ1) is 11.7. The number of fused-ring (bicyclic) bond motifs is 1. The maximum absolute atomic E-state index is 13.1. The summed E-state index contributed by atoms with van der Waals surface area (Å²) in [6.45, 7) is 5.58. The summed E-state index contributed by atoms with van der Waals surface area (Å²) in [5, 5.41) is 5.44. The van der Waals surface area contributed by atoms with Crippen LogP contribution in [0.25, 0.3) is 4.96 Å². The second kappa shape index (κ2) is 6.47. The Bertz CT molecular complexity index is 1040. The highest BCUT2D eigenvalue weighted by Crippen LogP contribution is 2.32. The van der Waals surface area contributed by atoms with E-state index in [2.05, 4.69) is 14.8 Å². The molecular formula is C15H17ClN4O3S2. The molecular weight excluding hydrogens is 384 g/mol. The normalized spacial score (nSPS) is 12.1. The highest BCUT2D eigenvalue weighted by Gasteiger charge is 2.29. The molecule has 0 amide bonds. The topological polar surface area (TPSA) is 85.6 Å². The molecule has 0 saturated heterocycles. The number of rotatable bonds is 5. The molecule has 10 heteroatoms. The largest absolute Gasteiger partial charge is 0.495 e. The first-order valence-corrected chi connectivity index (χ1v) is 10.1. The van der Waals surface area contributed by atoms with Gasteiger partial charge < -0.3 is 4.74 Å². The van der Waals surface area contributed by atoms with Gasteiger partial charge in [-0.2, -0.15) is 18.0 Å². The van der Waals surface area contributed by atoms with Crippen molar-refractivity contribution in [3.05, 3.63) is 33.9 Å². The van der Waals surface area contributed by atoms with E-state index in [1.54, 1.807) is 19.1 Å². The molecule has 0 aliphatic carbocycles. The first-order valence-electron chi connectivity index (χ1n) is 7.45. The van der Waals surface area contributed by atoms with Crippen LogP contribution >= 0.6 is 22.9 Å². The summed E-state index contributed by atoms with van der Waals surface area (Å²) in [5.41, 5.74) is 0.721. The third-order valence-electron chi connectivity index (χ3n) is 3.50. The van der Waals surface area contributed by atoms with E-state index >= 15 is 0 Å². The molecule has 0 aliphatic heterocycles. The molecule has 1 N–H and O–H groups in total.